The van der Waals surface area contributed by atoms with Crippen molar-refractivity contribution in [2.75, 3.05) is 20.8 Å². The lowest BCUT2D eigenvalue weighted by atomic mass is 9.80. The van der Waals surface area contributed by atoms with Gasteiger partial charge in [0.25, 0.3) is 0 Å². The summed E-state index contributed by atoms with van der Waals surface area (Å²) >= 11 is 0. The Balaban J connectivity index is 1.97. The summed E-state index contributed by atoms with van der Waals surface area (Å²) in [5.41, 5.74) is 2.11. The van der Waals surface area contributed by atoms with Crippen molar-refractivity contribution in [1.82, 2.24) is 0 Å². The van der Waals surface area contributed by atoms with Crippen LogP contribution in [-0.4, -0.2) is 35.2 Å². The zero-order valence-electron chi connectivity index (χ0n) is 30.4. The molecule has 2 atom stereocenters. The minimum Gasteiger partial charge on any atom is -0.497 e. The maximum Gasteiger partial charge on any atom is 0.193 e. The summed E-state index contributed by atoms with van der Waals surface area (Å²) in [5, 5.41) is 0.0391. The van der Waals surface area contributed by atoms with Gasteiger partial charge >= 0.3 is 0 Å². The van der Waals surface area contributed by atoms with E-state index in [-0.39, 0.29) is 11.1 Å². The van der Waals surface area contributed by atoms with Crippen molar-refractivity contribution in [3.8, 4) is 35.2 Å². The number of rotatable bonds is 14. The summed E-state index contributed by atoms with van der Waals surface area (Å²) in [4.78, 5) is 0. The third-order valence-corrected chi connectivity index (χ3v) is 13.3. The number of benzene rings is 3. The van der Waals surface area contributed by atoms with Crippen molar-refractivity contribution < 1.29 is 18.6 Å². The average Bonchev–Trinajstić information content (AvgIpc) is 3.08. The molecule has 3 aromatic rings. The summed E-state index contributed by atoms with van der Waals surface area (Å²) in [7, 11) is 1.23. The Hall–Kier alpha value is -4.00. The number of hydrogen-bond acceptors (Lipinski definition) is 4. The zero-order valence-corrected chi connectivity index (χ0v) is 31.4. The van der Waals surface area contributed by atoms with Crippen LogP contribution < -0.4 is 9.47 Å². The topological polar surface area (TPSA) is 36.9 Å². The van der Waals surface area contributed by atoms with Crippen molar-refractivity contribution in [3.05, 3.63) is 120 Å². The minimum absolute atomic E-state index is 0.0391. The third-order valence-electron chi connectivity index (χ3n) is 8.83. The summed E-state index contributed by atoms with van der Waals surface area (Å²) < 4.78 is 25.0. The maximum atomic E-state index is 7.12. The fraction of sp³-hybridized carbons (Fsp3) is 0.395. The van der Waals surface area contributed by atoms with E-state index in [1.165, 1.54) is 0 Å². The van der Waals surface area contributed by atoms with Crippen molar-refractivity contribution in [1.29, 1.82) is 0 Å². The number of allylic oxidation sites excluding steroid dienone is 4. The smallest absolute Gasteiger partial charge is 0.193 e. The van der Waals surface area contributed by atoms with Gasteiger partial charge in [-0.1, -0.05) is 125 Å². The van der Waals surface area contributed by atoms with E-state index in [0.29, 0.717) is 18.9 Å². The van der Waals surface area contributed by atoms with Gasteiger partial charge in [-0.3, -0.25) is 0 Å². The SMILES string of the molecule is CC/C=C\C[C@H](C)C#C/C=C/C#C[C@H](CCOC(c1ccccc1)(c1ccc(OC)cc1)c1ccc(OC)cc1)O[Si](C)(C)C(C)(C)C. The molecule has 0 radical (unpaired) electrons. The molecule has 0 N–H and O–H groups in total. The zero-order chi connectivity index (χ0) is 35.0. The van der Waals surface area contributed by atoms with Crippen LogP contribution in [0.2, 0.25) is 18.1 Å². The standard InChI is InChI=1S/C43H54O4Si/c1-10-11-15-20-35(2)21-16-12-13-19-24-41(47-48(8,9)42(3,4)5)33-34-46-43(36-22-17-14-18-23-36,37-25-29-39(44-6)30-26-37)38-27-31-40(45-7)32-28-38/h11-15,17-18,22-23,25-32,35,41H,10,20,33-34H2,1-9H3/b13-12+,15-11-/t35-,41+/m0/s1. The van der Waals surface area contributed by atoms with Crippen LogP contribution in [0.25, 0.3) is 0 Å². The van der Waals surface area contributed by atoms with Gasteiger partial charge in [-0.25, -0.2) is 0 Å². The fourth-order valence-electron chi connectivity index (χ4n) is 5.03. The lowest BCUT2D eigenvalue weighted by molar-refractivity contribution is 0.00175. The van der Waals surface area contributed by atoms with E-state index in [4.69, 9.17) is 18.6 Å². The molecule has 0 aliphatic rings. The molecule has 0 aromatic heterocycles. The number of ether oxygens (including phenoxy) is 3. The first-order valence-corrected chi connectivity index (χ1v) is 19.9. The highest BCUT2D eigenvalue weighted by atomic mass is 28.4. The van der Waals surface area contributed by atoms with E-state index in [9.17, 15) is 0 Å². The summed E-state index contributed by atoms with van der Waals surface area (Å²) in [5.74, 6) is 14.9. The highest BCUT2D eigenvalue weighted by Gasteiger charge is 2.40. The fourth-order valence-corrected chi connectivity index (χ4v) is 6.27. The largest absolute Gasteiger partial charge is 0.497 e. The van der Waals surface area contributed by atoms with E-state index < -0.39 is 13.9 Å². The first-order chi connectivity index (χ1) is 23.0. The van der Waals surface area contributed by atoms with Crippen LogP contribution in [0.4, 0.5) is 0 Å². The summed E-state index contributed by atoms with van der Waals surface area (Å²) in [6.45, 7) is 16.0. The molecule has 48 heavy (non-hydrogen) atoms. The van der Waals surface area contributed by atoms with Gasteiger partial charge in [0.1, 0.15) is 23.2 Å². The molecule has 0 bridgehead atoms. The molecule has 0 aliphatic carbocycles. The highest BCUT2D eigenvalue weighted by Crippen LogP contribution is 2.42. The molecule has 0 fully saturated rings. The Bertz CT molecular complexity index is 1530. The molecule has 3 rings (SSSR count). The second kappa shape index (κ2) is 18.5. The highest BCUT2D eigenvalue weighted by molar-refractivity contribution is 6.74. The molecule has 0 spiro atoms. The molecule has 254 valence electrons. The third kappa shape index (κ3) is 10.8. The first-order valence-electron chi connectivity index (χ1n) is 16.9. The van der Waals surface area contributed by atoms with Crippen molar-refractivity contribution in [2.24, 2.45) is 5.92 Å². The van der Waals surface area contributed by atoms with Gasteiger partial charge < -0.3 is 18.6 Å². The van der Waals surface area contributed by atoms with E-state index in [1.54, 1.807) is 14.2 Å². The molecular formula is C43H54O4Si. The van der Waals surface area contributed by atoms with Gasteiger partial charge in [-0.05, 0) is 84.1 Å². The molecule has 4 nitrogen and oxygen atoms in total. The molecule has 5 heteroatoms. The number of methoxy groups -OCH3 is 2. The van der Waals surface area contributed by atoms with Gasteiger partial charge in [0.05, 0.1) is 20.8 Å². The quantitative estimate of drug-likeness (QED) is 0.0745. The van der Waals surface area contributed by atoms with Gasteiger partial charge in [-0.2, -0.15) is 0 Å². The molecule has 0 heterocycles. The Kier molecular flexibility index (Phi) is 14.8. The second-order valence-electron chi connectivity index (χ2n) is 13.4. The lowest BCUT2D eigenvalue weighted by Crippen LogP contribution is -2.44. The maximum absolute atomic E-state index is 7.12. The van der Waals surface area contributed by atoms with E-state index >= 15 is 0 Å². The van der Waals surface area contributed by atoms with Crippen LogP contribution in [0.5, 0.6) is 11.5 Å². The molecule has 0 saturated carbocycles. The molecule has 0 amide bonds. The van der Waals surface area contributed by atoms with Crippen LogP contribution in [0.1, 0.15) is 70.6 Å². The molecule has 3 aromatic carbocycles. The summed E-state index contributed by atoms with van der Waals surface area (Å²) in [6, 6.07) is 26.6. The monoisotopic (exact) mass is 662 g/mol. The molecule has 0 unspecified atom stereocenters. The van der Waals surface area contributed by atoms with E-state index in [0.717, 1.165) is 41.0 Å². The molecular weight excluding hydrogens is 609 g/mol. The average molecular weight is 663 g/mol. The number of hydrogen-bond donors (Lipinski definition) is 0. The Labute approximate surface area is 291 Å². The van der Waals surface area contributed by atoms with Gasteiger partial charge in [0.2, 0.25) is 0 Å². The first kappa shape index (κ1) is 38.4. The predicted molar refractivity (Wildman–Crippen MR) is 203 cm³/mol. The summed E-state index contributed by atoms with van der Waals surface area (Å²) in [6.07, 6.45) is 10.3. The van der Waals surface area contributed by atoms with Gasteiger partial charge in [0, 0.05) is 12.3 Å². The van der Waals surface area contributed by atoms with Crippen molar-refractivity contribution in [2.45, 2.75) is 83.7 Å². The predicted octanol–water partition coefficient (Wildman–Crippen LogP) is 10.3. The van der Waals surface area contributed by atoms with Crippen LogP contribution in [0.3, 0.4) is 0 Å². The molecule has 0 aliphatic heterocycles. The van der Waals surface area contributed by atoms with E-state index in [2.05, 4.69) is 120 Å². The van der Waals surface area contributed by atoms with E-state index in [1.807, 2.05) is 54.6 Å². The normalized spacial score (nSPS) is 13.4. The Morgan fingerprint density at radius 3 is 1.75 bits per heavy atom. The molecule has 0 saturated heterocycles. The lowest BCUT2D eigenvalue weighted by Gasteiger charge is -2.39. The Morgan fingerprint density at radius 2 is 1.25 bits per heavy atom. The van der Waals surface area contributed by atoms with Crippen molar-refractivity contribution >= 4 is 8.32 Å². The minimum atomic E-state index is -2.13. The van der Waals surface area contributed by atoms with Gasteiger partial charge in [0.15, 0.2) is 8.32 Å². The van der Waals surface area contributed by atoms with Crippen LogP contribution in [0, 0.1) is 29.6 Å². The second-order valence-corrected chi connectivity index (χ2v) is 18.2. The van der Waals surface area contributed by atoms with Crippen LogP contribution in [0.15, 0.2) is 103 Å². The van der Waals surface area contributed by atoms with Crippen LogP contribution in [-0.2, 0) is 14.8 Å². The van der Waals surface area contributed by atoms with Crippen LogP contribution >= 0.6 is 0 Å². The Morgan fingerprint density at radius 1 is 0.729 bits per heavy atom. The van der Waals surface area contributed by atoms with Gasteiger partial charge in [-0.15, -0.1) is 0 Å². The van der Waals surface area contributed by atoms with Crippen molar-refractivity contribution in [3.63, 3.8) is 0 Å².